The van der Waals surface area contributed by atoms with E-state index in [2.05, 4.69) is 16.0 Å². The zero-order valence-electron chi connectivity index (χ0n) is 13.9. The molecule has 0 aliphatic rings. The molecule has 0 radical (unpaired) electrons. The molecular weight excluding hydrogens is 324 g/mol. The number of para-hydroxylation sites is 1. The summed E-state index contributed by atoms with van der Waals surface area (Å²) in [5, 5.41) is 9.48. The lowest BCUT2D eigenvalue weighted by Gasteiger charge is -2.10. The quantitative estimate of drug-likeness (QED) is 0.514. The highest BCUT2D eigenvalue weighted by atomic mass is 16.3. The molecule has 1 heterocycles. The standard InChI is InChI=1S/C17H20N4O4/c1-18-15(22)10-19-11-16(23)21-14-7-3-2-6-13(14)17(24)20-9-12-5-4-8-25-12/h2-8,19H,9-11H2,1H3,(H,18,22)(H,20,24)(H,21,23)/p+1. The Morgan fingerprint density at radius 3 is 2.52 bits per heavy atom. The van der Waals surface area contributed by atoms with Gasteiger partial charge in [-0.15, -0.1) is 0 Å². The predicted molar refractivity (Wildman–Crippen MR) is 90.7 cm³/mol. The zero-order valence-corrected chi connectivity index (χ0v) is 13.9. The average Bonchev–Trinajstić information content (AvgIpc) is 3.13. The molecule has 0 fully saturated rings. The fraction of sp³-hybridized carbons (Fsp3) is 0.235. The van der Waals surface area contributed by atoms with Crippen LogP contribution in [0, 0.1) is 0 Å². The van der Waals surface area contributed by atoms with Crippen LogP contribution in [0.15, 0.2) is 47.1 Å². The number of amides is 3. The maximum absolute atomic E-state index is 12.3. The van der Waals surface area contributed by atoms with E-state index >= 15 is 0 Å². The van der Waals surface area contributed by atoms with E-state index in [1.54, 1.807) is 41.7 Å². The van der Waals surface area contributed by atoms with Crippen molar-refractivity contribution in [3.63, 3.8) is 0 Å². The normalized spacial score (nSPS) is 10.1. The Bertz CT molecular complexity index is 728. The van der Waals surface area contributed by atoms with Crippen molar-refractivity contribution in [2.24, 2.45) is 0 Å². The largest absolute Gasteiger partial charge is 0.467 e. The molecule has 25 heavy (non-hydrogen) atoms. The average molecular weight is 345 g/mol. The van der Waals surface area contributed by atoms with Crippen LogP contribution in [0.2, 0.25) is 0 Å². The van der Waals surface area contributed by atoms with E-state index in [9.17, 15) is 14.4 Å². The van der Waals surface area contributed by atoms with Crippen LogP contribution < -0.4 is 21.3 Å². The van der Waals surface area contributed by atoms with Gasteiger partial charge in [0.1, 0.15) is 5.76 Å². The summed E-state index contributed by atoms with van der Waals surface area (Å²) in [6.45, 7) is 0.499. The van der Waals surface area contributed by atoms with E-state index in [-0.39, 0.29) is 37.4 Å². The Hall–Kier alpha value is -3.13. The van der Waals surface area contributed by atoms with Crippen LogP contribution >= 0.6 is 0 Å². The summed E-state index contributed by atoms with van der Waals surface area (Å²) in [6.07, 6.45) is 1.53. The molecule has 0 bridgehead atoms. The summed E-state index contributed by atoms with van der Waals surface area (Å²) in [5.74, 6) is -0.138. The summed E-state index contributed by atoms with van der Waals surface area (Å²) < 4.78 is 5.17. The molecule has 8 heteroatoms. The molecule has 0 atom stereocenters. The van der Waals surface area contributed by atoms with Gasteiger partial charge in [-0.1, -0.05) is 12.1 Å². The van der Waals surface area contributed by atoms with Crippen LogP contribution in [-0.2, 0) is 16.1 Å². The molecule has 1 aromatic carbocycles. The molecule has 132 valence electrons. The maximum Gasteiger partial charge on any atom is 0.279 e. The second-order valence-electron chi connectivity index (χ2n) is 5.23. The van der Waals surface area contributed by atoms with Gasteiger partial charge in [-0.05, 0) is 24.3 Å². The topological polar surface area (TPSA) is 117 Å². The molecule has 0 saturated heterocycles. The number of furan rings is 1. The van der Waals surface area contributed by atoms with Crippen molar-refractivity contribution in [3.05, 3.63) is 54.0 Å². The predicted octanol–water partition coefficient (Wildman–Crippen LogP) is -0.542. The Kier molecular flexibility index (Phi) is 6.73. The lowest BCUT2D eigenvalue weighted by atomic mass is 10.1. The third kappa shape index (κ3) is 5.78. The second-order valence-corrected chi connectivity index (χ2v) is 5.23. The van der Waals surface area contributed by atoms with E-state index in [4.69, 9.17) is 4.42 Å². The maximum atomic E-state index is 12.3. The first-order chi connectivity index (χ1) is 12.1. The van der Waals surface area contributed by atoms with Gasteiger partial charge in [0, 0.05) is 7.05 Å². The molecule has 8 nitrogen and oxygen atoms in total. The van der Waals surface area contributed by atoms with Crippen LogP contribution in [0.1, 0.15) is 16.1 Å². The first-order valence-electron chi connectivity index (χ1n) is 7.82. The van der Waals surface area contributed by atoms with Crippen molar-refractivity contribution in [2.75, 3.05) is 25.5 Å². The van der Waals surface area contributed by atoms with Crippen LogP contribution in [0.25, 0.3) is 0 Å². The first-order valence-corrected chi connectivity index (χ1v) is 7.82. The van der Waals surface area contributed by atoms with Gasteiger partial charge in [0.15, 0.2) is 13.1 Å². The summed E-state index contributed by atoms with van der Waals surface area (Å²) in [7, 11) is 1.54. The minimum absolute atomic E-state index is 0.0791. The number of benzene rings is 1. The van der Waals surface area contributed by atoms with Crippen molar-refractivity contribution in [1.82, 2.24) is 10.6 Å². The molecular formula is C17H21N4O4+. The van der Waals surface area contributed by atoms with Gasteiger partial charge < -0.3 is 25.7 Å². The molecule has 1 aromatic heterocycles. The summed E-state index contributed by atoms with van der Waals surface area (Å²) in [5.41, 5.74) is 0.770. The number of carbonyl (C=O) groups excluding carboxylic acids is 3. The minimum Gasteiger partial charge on any atom is -0.467 e. The smallest absolute Gasteiger partial charge is 0.279 e. The van der Waals surface area contributed by atoms with Gasteiger partial charge in [-0.3, -0.25) is 14.4 Å². The highest BCUT2D eigenvalue weighted by Gasteiger charge is 2.14. The van der Waals surface area contributed by atoms with E-state index in [1.165, 1.54) is 13.3 Å². The van der Waals surface area contributed by atoms with Crippen molar-refractivity contribution >= 4 is 23.4 Å². The van der Waals surface area contributed by atoms with Crippen LogP contribution in [0.3, 0.4) is 0 Å². The summed E-state index contributed by atoms with van der Waals surface area (Å²) >= 11 is 0. The Balaban J connectivity index is 1.91. The minimum atomic E-state index is -0.318. The van der Waals surface area contributed by atoms with E-state index < -0.39 is 0 Å². The Morgan fingerprint density at radius 1 is 1.04 bits per heavy atom. The highest BCUT2D eigenvalue weighted by molar-refractivity contribution is 6.03. The molecule has 2 aromatic rings. The lowest BCUT2D eigenvalue weighted by molar-refractivity contribution is -0.632. The molecule has 2 rings (SSSR count). The number of rotatable bonds is 8. The van der Waals surface area contributed by atoms with E-state index in [1.807, 2.05) is 0 Å². The summed E-state index contributed by atoms with van der Waals surface area (Å²) in [4.78, 5) is 35.4. The molecule has 0 aliphatic carbocycles. The van der Waals surface area contributed by atoms with Gasteiger partial charge in [-0.25, -0.2) is 0 Å². The van der Waals surface area contributed by atoms with Crippen molar-refractivity contribution in [2.45, 2.75) is 6.54 Å². The molecule has 0 unspecified atom stereocenters. The molecule has 0 saturated carbocycles. The van der Waals surface area contributed by atoms with Gasteiger partial charge in [0.25, 0.3) is 17.7 Å². The fourth-order valence-corrected chi connectivity index (χ4v) is 2.10. The second kappa shape index (κ2) is 9.24. The van der Waals surface area contributed by atoms with Crippen molar-refractivity contribution < 1.29 is 24.1 Å². The number of hydrogen-bond acceptors (Lipinski definition) is 4. The van der Waals surface area contributed by atoms with Crippen molar-refractivity contribution in [3.8, 4) is 0 Å². The number of hydrogen-bond donors (Lipinski definition) is 4. The number of anilines is 1. The Labute approximate surface area is 145 Å². The highest BCUT2D eigenvalue weighted by Crippen LogP contribution is 2.15. The number of quaternary nitrogens is 1. The monoisotopic (exact) mass is 345 g/mol. The molecule has 0 aliphatic heterocycles. The van der Waals surface area contributed by atoms with Crippen LogP contribution in [-0.4, -0.2) is 37.9 Å². The number of nitrogens with two attached hydrogens (primary N) is 1. The lowest BCUT2D eigenvalue weighted by Crippen LogP contribution is -2.88. The SMILES string of the molecule is CNC(=O)C[NH2+]CC(=O)Nc1ccccc1C(=O)NCc1ccco1. The van der Waals surface area contributed by atoms with Gasteiger partial charge in [-0.2, -0.15) is 0 Å². The number of likely N-dealkylation sites (N-methyl/N-ethyl adjacent to an activating group) is 1. The van der Waals surface area contributed by atoms with E-state index in [0.29, 0.717) is 17.0 Å². The first kappa shape index (κ1) is 18.2. The fourth-order valence-electron chi connectivity index (χ4n) is 2.10. The summed E-state index contributed by atoms with van der Waals surface area (Å²) in [6, 6.07) is 10.2. The van der Waals surface area contributed by atoms with Crippen molar-refractivity contribution in [1.29, 1.82) is 0 Å². The third-order valence-electron chi connectivity index (χ3n) is 3.39. The van der Waals surface area contributed by atoms with E-state index in [0.717, 1.165) is 0 Å². The Morgan fingerprint density at radius 2 is 1.80 bits per heavy atom. The third-order valence-corrected chi connectivity index (χ3v) is 3.39. The van der Waals surface area contributed by atoms with Gasteiger partial charge in [0.05, 0.1) is 24.1 Å². The number of nitrogens with one attached hydrogen (secondary N) is 3. The van der Waals surface area contributed by atoms with Gasteiger partial charge in [0.2, 0.25) is 0 Å². The zero-order chi connectivity index (χ0) is 18.1. The van der Waals surface area contributed by atoms with Crippen LogP contribution in [0.5, 0.6) is 0 Å². The molecule has 5 N–H and O–H groups in total. The molecule has 0 spiro atoms. The van der Waals surface area contributed by atoms with Crippen LogP contribution in [0.4, 0.5) is 5.69 Å². The van der Waals surface area contributed by atoms with Gasteiger partial charge >= 0.3 is 0 Å². The number of carbonyl (C=O) groups is 3. The molecule has 3 amide bonds.